The number of anilines is 1. The summed E-state index contributed by atoms with van der Waals surface area (Å²) in [5, 5.41) is 10.4. The van der Waals surface area contributed by atoms with Gasteiger partial charge in [0.25, 0.3) is 0 Å². The zero-order chi connectivity index (χ0) is 25.4. The molecule has 1 aromatic heterocycles. The van der Waals surface area contributed by atoms with E-state index in [4.69, 9.17) is 34.9 Å². The van der Waals surface area contributed by atoms with Gasteiger partial charge < -0.3 is 44.9 Å². The molecule has 33 heavy (non-hydrogen) atoms. The molecule has 2 rings (SSSR count). The fourth-order valence-corrected chi connectivity index (χ4v) is 6.07. The van der Waals surface area contributed by atoms with Gasteiger partial charge in [-0.05, 0) is 6.07 Å². The van der Waals surface area contributed by atoms with Crippen LogP contribution in [0.15, 0.2) is 17.1 Å². The zero-order valence-corrected chi connectivity index (χ0v) is 19.2. The molecule has 0 aliphatic carbocycles. The molecule has 190 valence electrons. The highest BCUT2D eigenvalue weighted by Gasteiger charge is 2.50. The third-order valence-electron chi connectivity index (χ3n) is 3.51. The second kappa shape index (κ2) is 10.0. The van der Waals surface area contributed by atoms with Crippen molar-refractivity contribution >= 4 is 37.1 Å². The van der Waals surface area contributed by atoms with E-state index in [9.17, 15) is 33.1 Å². The smallest absolute Gasteiger partial charge is 0.386 e. The zero-order valence-electron chi connectivity index (χ0n) is 15.6. The SMILES string of the molecule is Nc1ccn([C@@H]2O[C@H](COP(=O)(O)OP(=O)(O)OP(=O)(O)O)C(OP(=O)(O)O)C2O)c(=O)n1. The number of rotatable bonds is 10. The first-order chi connectivity index (χ1) is 14.8. The Hall–Kier alpha value is -0.880. The Morgan fingerprint density at radius 1 is 1.03 bits per heavy atom. The highest BCUT2D eigenvalue weighted by molar-refractivity contribution is 7.66. The minimum Gasteiger partial charge on any atom is -0.386 e. The van der Waals surface area contributed by atoms with Crippen LogP contribution in [0.1, 0.15) is 6.23 Å². The Labute approximate surface area is 182 Å². The number of nitrogens with two attached hydrogens (primary N) is 1. The van der Waals surface area contributed by atoms with Gasteiger partial charge in [-0.3, -0.25) is 13.6 Å². The molecule has 0 spiro atoms. The van der Waals surface area contributed by atoms with Crippen LogP contribution in [-0.2, 0) is 40.7 Å². The number of ether oxygens (including phenoxy) is 1. The number of hydrogen-bond donors (Lipinski definition) is 8. The van der Waals surface area contributed by atoms with Crippen LogP contribution in [0.3, 0.4) is 0 Å². The van der Waals surface area contributed by atoms with Gasteiger partial charge >= 0.3 is 37.0 Å². The van der Waals surface area contributed by atoms with Gasteiger partial charge in [-0.25, -0.2) is 23.1 Å². The minimum absolute atomic E-state index is 0.212. The maximum absolute atomic E-state index is 12.0. The summed E-state index contributed by atoms with van der Waals surface area (Å²) in [7, 11) is -22.5. The number of nitrogen functional groups attached to an aromatic ring is 1. The standard InChI is InChI=1S/C9H17N3O17P4/c10-5-1-2-12(9(14)11-5)8-6(13)7(27-30(15,16)17)4(26-8)3-25-32(21,22)29-33(23,24)28-31(18,19)20/h1-2,4,6-8,13H,3H2,(H,21,22)(H,23,24)(H2,10,11,14)(H2,15,16,17)(H2,18,19,20)/t4-,6?,7?,8-/m1/s1. The van der Waals surface area contributed by atoms with Crippen LogP contribution in [-0.4, -0.2) is 68.9 Å². The second-order valence-electron chi connectivity index (χ2n) is 6.05. The van der Waals surface area contributed by atoms with Crippen molar-refractivity contribution in [1.82, 2.24) is 9.55 Å². The van der Waals surface area contributed by atoms with E-state index in [1.54, 1.807) is 0 Å². The van der Waals surface area contributed by atoms with Crippen LogP contribution in [0.4, 0.5) is 5.82 Å². The Morgan fingerprint density at radius 2 is 1.64 bits per heavy atom. The molecule has 0 radical (unpaired) electrons. The van der Waals surface area contributed by atoms with Gasteiger partial charge in [0.05, 0.1) is 6.61 Å². The average molecular weight is 563 g/mol. The number of nitrogens with zero attached hydrogens (tertiary/aromatic N) is 2. The fourth-order valence-electron chi connectivity index (χ4n) is 2.46. The molecule has 1 aromatic rings. The summed E-state index contributed by atoms with van der Waals surface area (Å²) >= 11 is 0. The van der Waals surface area contributed by atoms with Gasteiger partial charge in [0.2, 0.25) is 0 Å². The van der Waals surface area contributed by atoms with Crippen LogP contribution in [0.2, 0.25) is 0 Å². The van der Waals surface area contributed by atoms with E-state index < -0.39 is 68.1 Å². The van der Waals surface area contributed by atoms with Gasteiger partial charge in [-0.1, -0.05) is 0 Å². The van der Waals surface area contributed by atoms with Crippen molar-refractivity contribution in [1.29, 1.82) is 0 Å². The third kappa shape index (κ3) is 8.69. The van der Waals surface area contributed by atoms with E-state index in [1.807, 2.05) is 0 Å². The largest absolute Gasteiger partial charge is 0.490 e. The number of aliphatic hydroxyl groups excluding tert-OH is 1. The lowest BCUT2D eigenvalue weighted by atomic mass is 10.1. The summed E-state index contributed by atoms with van der Waals surface area (Å²) in [6, 6.07) is 1.11. The van der Waals surface area contributed by atoms with Crippen LogP contribution in [0.25, 0.3) is 0 Å². The third-order valence-corrected chi connectivity index (χ3v) is 7.83. The lowest BCUT2D eigenvalue weighted by molar-refractivity contribution is -0.0540. The van der Waals surface area contributed by atoms with Crippen LogP contribution < -0.4 is 11.4 Å². The minimum atomic E-state index is -5.84. The lowest BCUT2D eigenvalue weighted by Gasteiger charge is -2.22. The summed E-state index contributed by atoms with van der Waals surface area (Å²) in [6.07, 6.45) is -6.57. The maximum atomic E-state index is 12.0. The van der Waals surface area contributed by atoms with E-state index >= 15 is 0 Å². The number of aliphatic hydroxyl groups is 1. The van der Waals surface area contributed by atoms with Gasteiger partial charge in [-0.15, -0.1) is 0 Å². The van der Waals surface area contributed by atoms with E-state index in [-0.39, 0.29) is 5.82 Å². The molecule has 0 saturated carbocycles. The second-order valence-corrected chi connectivity index (χ2v) is 11.7. The van der Waals surface area contributed by atoms with Crippen LogP contribution in [0.5, 0.6) is 0 Å². The lowest BCUT2D eigenvalue weighted by Crippen LogP contribution is -2.37. The summed E-state index contributed by atoms with van der Waals surface area (Å²) in [6.45, 7) is -1.24. The van der Waals surface area contributed by atoms with Crippen molar-refractivity contribution in [2.45, 2.75) is 24.5 Å². The molecular weight excluding hydrogens is 546 g/mol. The number of phosphoric acid groups is 4. The average Bonchev–Trinajstić information content (AvgIpc) is 2.84. The Balaban J connectivity index is 2.22. The number of hydrogen-bond acceptors (Lipinski definition) is 13. The predicted octanol–water partition coefficient (Wildman–Crippen LogP) is -2.10. The van der Waals surface area contributed by atoms with Gasteiger partial charge in [0.1, 0.15) is 24.1 Å². The molecule has 0 aromatic carbocycles. The highest BCUT2D eigenvalue weighted by Crippen LogP contribution is 2.66. The Kier molecular flexibility index (Phi) is 8.60. The van der Waals surface area contributed by atoms with Crippen LogP contribution in [0, 0.1) is 0 Å². The molecule has 1 fully saturated rings. The molecule has 6 atom stereocenters. The Bertz CT molecular complexity index is 1110. The quantitative estimate of drug-likeness (QED) is 0.141. The molecular formula is C9H17N3O17P4. The summed E-state index contributed by atoms with van der Waals surface area (Å²) in [5.41, 5.74) is 4.27. The topological polar surface area (TPSA) is 317 Å². The molecule has 4 unspecified atom stereocenters. The monoisotopic (exact) mass is 563 g/mol. The molecule has 1 aliphatic heterocycles. The van der Waals surface area contributed by atoms with Crippen molar-refractivity contribution in [2.24, 2.45) is 0 Å². The van der Waals surface area contributed by atoms with Crippen molar-refractivity contribution in [3.05, 3.63) is 22.7 Å². The summed E-state index contributed by atoms with van der Waals surface area (Å²) in [4.78, 5) is 69.0. The molecule has 24 heteroatoms. The maximum Gasteiger partial charge on any atom is 0.490 e. The molecule has 0 bridgehead atoms. The number of phosphoric ester groups is 2. The first-order valence-electron chi connectivity index (χ1n) is 7.99. The van der Waals surface area contributed by atoms with Crippen LogP contribution >= 0.6 is 31.3 Å². The van der Waals surface area contributed by atoms with E-state index in [0.717, 1.165) is 12.3 Å². The fraction of sp³-hybridized carbons (Fsp3) is 0.556. The normalized spacial score (nSPS) is 27.7. The Morgan fingerprint density at radius 3 is 2.15 bits per heavy atom. The summed E-state index contributed by atoms with van der Waals surface area (Å²) in [5.74, 6) is -0.212. The molecule has 0 amide bonds. The molecule has 1 saturated heterocycles. The summed E-state index contributed by atoms with van der Waals surface area (Å²) < 4.78 is 66.6. The van der Waals surface area contributed by atoms with Crippen molar-refractivity contribution < 1.29 is 75.1 Å². The van der Waals surface area contributed by atoms with E-state index in [1.165, 1.54) is 0 Å². The molecule has 9 N–H and O–H groups in total. The highest BCUT2D eigenvalue weighted by atomic mass is 31.3. The van der Waals surface area contributed by atoms with Crippen molar-refractivity contribution in [3.8, 4) is 0 Å². The van der Waals surface area contributed by atoms with Gasteiger partial charge in [0.15, 0.2) is 6.23 Å². The molecule has 20 nitrogen and oxygen atoms in total. The predicted molar refractivity (Wildman–Crippen MR) is 99.6 cm³/mol. The van der Waals surface area contributed by atoms with E-state index in [0.29, 0.717) is 4.57 Å². The van der Waals surface area contributed by atoms with Crippen molar-refractivity contribution in [3.63, 3.8) is 0 Å². The van der Waals surface area contributed by atoms with E-state index in [2.05, 4.69) is 22.7 Å². The molecule has 2 heterocycles. The van der Waals surface area contributed by atoms with Gasteiger partial charge in [-0.2, -0.15) is 13.6 Å². The van der Waals surface area contributed by atoms with Gasteiger partial charge in [0, 0.05) is 6.20 Å². The first kappa shape index (κ1) is 28.4. The van der Waals surface area contributed by atoms with Crippen molar-refractivity contribution in [2.75, 3.05) is 12.3 Å². The first-order valence-corrected chi connectivity index (χ1v) is 14.0. The molecule has 1 aliphatic rings. The number of aromatic nitrogens is 2.